The molecule has 1 saturated carbocycles. The lowest BCUT2D eigenvalue weighted by Crippen LogP contribution is -2.44. The summed E-state index contributed by atoms with van der Waals surface area (Å²) in [5.41, 5.74) is 1.20. The van der Waals surface area contributed by atoms with E-state index in [1.807, 2.05) is 0 Å². The predicted octanol–water partition coefficient (Wildman–Crippen LogP) is 2.16. The summed E-state index contributed by atoms with van der Waals surface area (Å²) in [6, 6.07) is 7.04. The van der Waals surface area contributed by atoms with Crippen LogP contribution < -0.4 is 5.32 Å². The van der Waals surface area contributed by atoms with Gasteiger partial charge in [0, 0.05) is 30.7 Å². The van der Waals surface area contributed by atoms with Crippen LogP contribution in [0.5, 0.6) is 0 Å². The fourth-order valence-corrected chi connectivity index (χ4v) is 3.02. The van der Waals surface area contributed by atoms with Crippen LogP contribution in [0.2, 0.25) is 0 Å². The van der Waals surface area contributed by atoms with E-state index in [0.717, 1.165) is 32.7 Å². The second-order valence-corrected chi connectivity index (χ2v) is 6.98. The van der Waals surface area contributed by atoms with Gasteiger partial charge in [0.25, 0.3) is 0 Å². The van der Waals surface area contributed by atoms with Crippen molar-refractivity contribution in [2.75, 3.05) is 38.2 Å². The number of morpholine rings is 1. The van der Waals surface area contributed by atoms with Crippen LogP contribution in [-0.4, -0.2) is 55.7 Å². The molecular formula is C19H26N2O4. The van der Waals surface area contributed by atoms with Gasteiger partial charge in [-0.2, -0.15) is 0 Å². The second-order valence-electron chi connectivity index (χ2n) is 6.98. The number of hydrogen-bond donors (Lipinski definition) is 1. The zero-order chi connectivity index (χ0) is 17.8. The van der Waals surface area contributed by atoms with Crippen molar-refractivity contribution < 1.29 is 19.1 Å². The number of nitrogens with zero attached hydrogens (tertiary/aromatic N) is 1. The van der Waals surface area contributed by atoms with E-state index in [9.17, 15) is 9.59 Å². The molecule has 1 heterocycles. The predicted molar refractivity (Wildman–Crippen MR) is 94.5 cm³/mol. The molecule has 1 amide bonds. The summed E-state index contributed by atoms with van der Waals surface area (Å²) in [6.45, 7) is 7.67. The van der Waals surface area contributed by atoms with Crippen molar-refractivity contribution in [3.05, 3.63) is 29.8 Å². The number of nitrogens with one attached hydrogen (secondary N) is 1. The number of carbonyl (C=O) groups excluding carboxylic acids is 2. The molecule has 1 aromatic rings. The summed E-state index contributed by atoms with van der Waals surface area (Å²) >= 11 is 0. The quantitative estimate of drug-likeness (QED) is 0.800. The fourth-order valence-electron chi connectivity index (χ4n) is 3.02. The maximum Gasteiger partial charge on any atom is 0.338 e. The highest BCUT2D eigenvalue weighted by Crippen LogP contribution is 2.38. The number of carbonyl (C=O) groups is 2. The summed E-state index contributed by atoms with van der Waals surface area (Å²) in [5, 5.41) is 2.88. The van der Waals surface area contributed by atoms with Gasteiger partial charge in [0.15, 0.2) is 0 Å². The van der Waals surface area contributed by atoms with Gasteiger partial charge in [-0.05, 0) is 43.5 Å². The topological polar surface area (TPSA) is 67.9 Å². The molecule has 1 N–H and O–H groups in total. The van der Waals surface area contributed by atoms with Gasteiger partial charge >= 0.3 is 5.97 Å². The Morgan fingerprint density at radius 1 is 1.28 bits per heavy atom. The average molecular weight is 346 g/mol. The Hall–Kier alpha value is -1.92. The molecule has 2 aliphatic rings. The molecule has 0 spiro atoms. The molecule has 0 aromatic heterocycles. The number of benzene rings is 1. The number of esters is 1. The first-order chi connectivity index (χ1) is 12.0. The number of rotatable bonds is 6. The van der Waals surface area contributed by atoms with Crippen LogP contribution in [0.15, 0.2) is 24.3 Å². The van der Waals surface area contributed by atoms with Crippen molar-refractivity contribution in [3.8, 4) is 0 Å². The summed E-state index contributed by atoms with van der Waals surface area (Å²) in [5.74, 6) is 0.324. The van der Waals surface area contributed by atoms with Crippen molar-refractivity contribution in [2.24, 2.45) is 11.8 Å². The van der Waals surface area contributed by atoms with Crippen molar-refractivity contribution in [2.45, 2.75) is 26.3 Å². The van der Waals surface area contributed by atoms with E-state index in [-0.39, 0.29) is 23.8 Å². The van der Waals surface area contributed by atoms with Gasteiger partial charge in [0.1, 0.15) is 6.61 Å². The lowest BCUT2D eigenvalue weighted by Gasteiger charge is -2.31. The maximum absolute atomic E-state index is 12.2. The summed E-state index contributed by atoms with van der Waals surface area (Å²) in [6.07, 6.45) is 0.956. The van der Waals surface area contributed by atoms with Gasteiger partial charge in [-0.1, -0.05) is 6.92 Å². The minimum Gasteiger partial charge on any atom is -0.460 e. The van der Waals surface area contributed by atoms with Crippen molar-refractivity contribution in [1.82, 2.24) is 4.90 Å². The molecule has 6 nitrogen and oxygen atoms in total. The molecule has 136 valence electrons. The Balaban J connectivity index is 1.46. The smallest absolute Gasteiger partial charge is 0.338 e. The van der Waals surface area contributed by atoms with E-state index in [4.69, 9.17) is 9.47 Å². The van der Waals surface area contributed by atoms with Gasteiger partial charge in [0.05, 0.1) is 18.8 Å². The molecule has 2 fully saturated rings. The number of amides is 1. The van der Waals surface area contributed by atoms with E-state index in [0.29, 0.717) is 23.8 Å². The molecule has 0 bridgehead atoms. The monoisotopic (exact) mass is 346 g/mol. The molecule has 0 unspecified atom stereocenters. The SMILES string of the molecule is C[C@H]1C[C@H]1C(=O)Nc1ccc(C(=O)OC[C@H](C)N2CCOCC2)cc1. The van der Waals surface area contributed by atoms with Crippen LogP contribution in [0.4, 0.5) is 5.69 Å². The van der Waals surface area contributed by atoms with Crippen LogP contribution in [0.3, 0.4) is 0 Å². The zero-order valence-electron chi connectivity index (χ0n) is 14.9. The van der Waals surface area contributed by atoms with E-state index < -0.39 is 0 Å². The van der Waals surface area contributed by atoms with Gasteiger partial charge in [-0.3, -0.25) is 9.69 Å². The van der Waals surface area contributed by atoms with Gasteiger partial charge in [-0.25, -0.2) is 4.79 Å². The second kappa shape index (κ2) is 7.97. The Labute approximate surface area is 148 Å². The Bertz CT molecular complexity index is 610. The largest absolute Gasteiger partial charge is 0.460 e. The minimum atomic E-state index is -0.339. The third kappa shape index (κ3) is 4.80. The summed E-state index contributed by atoms with van der Waals surface area (Å²) in [4.78, 5) is 26.3. The van der Waals surface area contributed by atoms with Crippen LogP contribution in [0.25, 0.3) is 0 Å². The highest BCUT2D eigenvalue weighted by atomic mass is 16.5. The molecule has 1 aliphatic carbocycles. The number of anilines is 1. The minimum absolute atomic E-state index is 0.0576. The van der Waals surface area contributed by atoms with E-state index in [1.54, 1.807) is 24.3 Å². The first-order valence-electron chi connectivity index (χ1n) is 8.94. The van der Waals surface area contributed by atoms with Crippen LogP contribution >= 0.6 is 0 Å². The third-order valence-electron chi connectivity index (χ3n) is 4.96. The molecule has 0 radical (unpaired) electrons. The van der Waals surface area contributed by atoms with Crippen LogP contribution in [0, 0.1) is 11.8 Å². The van der Waals surface area contributed by atoms with Gasteiger partial charge < -0.3 is 14.8 Å². The first kappa shape index (κ1) is 17.9. The molecular weight excluding hydrogens is 320 g/mol. The standard InChI is InChI=1S/C19H26N2O4/c1-13-11-17(13)18(22)20-16-5-3-15(4-6-16)19(23)25-12-14(2)21-7-9-24-10-8-21/h3-6,13-14,17H,7-12H2,1-2H3,(H,20,22)/t13-,14-,17+/m0/s1. The number of ether oxygens (including phenoxy) is 2. The Morgan fingerprint density at radius 2 is 1.92 bits per heavy atom. The molecule has 3 rings (SSSR count). The first-order valence-corrected chi connectivity index (χ1v) is 8.94. The van der Waals surface area contributed by atoms with Crippen LogP contribution in [0.1, 0.15) is 30.6 Å². The van der Waals surface area contributed by atoms with Crippen molar-refractivity contribution in [1.29, 1.82) is 0 Å². The lowest BCUT2D eigenvalue weighted by atomic mass is 10.2. The molecule has 3 atom stereocenters. The maximum atomic E-state index is 12.2. The molecule has 6 heteroatoms. The summed E-state index contributed by atoms with van der Waals surface area (Å²) in [7, 11) is 0. The molecule has 1 aliphatic heterocycles. The van der Waals surface area contributed by atoms with E-state index in [1.165, 1.54) is 0 Å². The van der Waals surface area contributed by atoms with Crippen molar-refractivity contribution >= 4 is 17.6 Å². The Kier molecular flexibility index (Phi) is 5.71. The normalized spacial score (nSPS) is 24.4. The Morgan fingerprint density at radius 3 is 2.52 bits per heavy atom. The average Bonchev–Trinajstić information content (AvgIpc) is 3.37. The van der Waals surface area contributed by atoms with Gasteiger partial charge in [-0.15, -0.1) is 0 Å². The summed E-state index contributed by atoms with van der Waals surface area (Å²) < 4.78 is 10.7. The number of hydrogen-bond acceptors (Lipinski definition) is 5. The molecule has 25 heavy (non-hydrogen) atoms. The zero-order valence-corrected chi connectivity index (χ0v) is 14.9. The third-order valence-corrected chi connectivity index (χ3v) is 4.96. The highest BCUT2D eigenvalue weighted by Gasteiger charge is 2.39. The van der Waals surface area contributed by atoms with Crippen LogP contribution in [-0.2, 0) is 14.3 Å². The molecule has 1 aromatic carbocycles. The van der Waals surface area contributed by atoms with Crippen molar-refractivity contribution in [3.63, 3.8) is 0 Å². The lowest BCUT2D eigenvalue weighted by molar-refractivity contribution is -0.117. The fraction of sp³-hybridized carbons (Fsp3) is 0.579. The van der Waals surface area contributed by atoms with E-state index >= 15 is 0 Å². The van der Waals surface area contributed by atoms with Gasteiger partial charge in [0.2, 0.25) is 5.91 Å². The van der Waals surface area contributed by atoms with E-state index in [2.05, 4.69) is 24.1 Å². The highest BCUT2D eigenvalue weighted by molar-refractivity contribution is 5.95. The molecule has 1 saturated heterocycles.